The Morgan fingerprint density at radius 2 is 2.00 bits per heavy atom. The first-order valence-electron chi connectivity index (χ1n) is 4.96. The molecule has 0 unspecified atom stereocenters. The molecule has 0 aliphatic rings. The summed E-state index contributed by atoms with van der Waals surface area (Å²) in [5, 5.41) is 0.797. The zero-order chi connectivity index (χ0) is 10.1. The molecule has 0 spiro atoms. The minimum atomic E-state index is -0.0269. The van der Waals surface area contributed by atoms with Crippen molar-refractivity contribution in [2.75, 3.05) is 0 Å². The fourth-order valence-electron chi connectivity index (χ4n) is 1.62. The molecule has 0 aliphatic heterocycles. The zero-order valence-corrected chi connectivity index (χ0v) is 9.25. The quantitative estimate of drug-likeness (QED) is 0.695. The van der Waals surface area contributed by atoms with E-state index in [0.717, 1.165) is 28.5 Å². The molecular formula is C12H13FS. The van der Waals surface area contributed by atoms with Gasteiger partial charge in [0.1, 0.15) is 5.82 Å². The van der Waals surface area contributed by atoms with Crippen molar-refractivity contribution in [1.29, 1.82) is 0 Å². The van der Waals surface area contributed by atoms with E-state index in [1.165, 1.54) is 4.88 Å². The number of rotatable bonds is 2. The first kappa shape index (κ1) is 9.66. The van der Waals surface area contributed by atoms with Gasteiger partial charge < -0.3 is 0 Å². The van der Waals surface area contributed by atoms with Crippen molar-refractivity contribution >= 4 is 21.4 Å². The van der Waals surface area contributed by atoms with Crippen molar-refractivity contribution in [3.8, 4) is 0 Å². The summed E-state index contributed by atoms with van der Waals surface area (Å²) in [4.78, 5) is 1.26. The fraction of sp³-hybridized carbons (Fsp3) is 0.333. The summed E-state index contributed by atoms with van der Waals surface area (Å²) in [6.07, 6.45) is 1.75. The summed E-state index contributed by atoms with van der Waals surface area (Å²) < 4.78 is 14.9. The maximum atomic E-state index is 13.8. The van der Waals surface area contributed by atoms with Crippen molar-refractivity contribution < 1.29 is 4.39 Å². The third-order valence-corrected chi connectivity index (χ3v) is 3.74. The lowest BCUT2D eigenvalue weighted by atomic mass is 10.1. The molecule has 74 valence electrons. The van der Waals surface area contributed by atoms with Crippen molar-refractivity contribution in [2.45, 2.75) is 26.7 Å². The zero-order valence-electron chi connectivity index (χ0n) is 8.43. The molecule has 1 aromatic carbocycles. The largest absolute Gasteiger partial charge is 0.206 e. The molecule has 0 saturated carbocycles. The van der Waals surface area contributed by atoms with Crippen LogP contribution in [-0.4, -0.2) is 0 Å². The lowest BCUT2D eigenvalue weighted by Crippen LogP contribution is -1.86. The molecule has 2 heteroatoms. The molecular weight excluding hydrogens is 195 g/mol. The smallest absolute Gasteiger partial charge is 0.135 e. The van der Waals surface area contributed by atoms with Crippen molar-refractivity contribution in [2.24, 2.45) is 0 Å². The van der Waals surface area contributed by atoms with E-state index in [4.69, 9.17) is 0 Å². The maximum absolute atomic E-state index is 13.8. The second-order valence-corrected chi connectivity index (χ2v) is 4.54. The summed E-state index contributed by atoms with van der Waals surface area (Å²) in [6, 6.07) is 5.91. The van der Waals surface area contributed by atoms with E-state index in [1.54, 1.807) is 11.3 Å². The number of aryl methyl sites for hydroxylation is 2. The van der Waals surface area contributed by atoms with Gasteiger partial charge in [-0.1, -0.05) is 19.9 Å². The summed E-state index contributed by atoms with van der Waals surface area (Å²) in [6.45, 7) is 4.08. The topological polar surface area (TPSA) is 0 Å². The Morgan fingerprint density at radius 1 is 1.21 bits per heavy atom. The molecule has 0 fully saturated rings. The van der Waals surface area contributed by atoms with Gasteiger partial charge in [-0.05, 0) is 30.5 Å². The molecule has 0 radical (unpaired) electrons. The Morgan fingerprint density at radius 3 is 2.64 bits per heavy atom. The van der Waals surface area contributed by atoms with E-state index in [9.17, 15) is 4.39 Å². The average molecular weight is 208 g/mol. The van der Waals surface area contributed by atoms with E-state index in [1.807, 2.05) is 25.1 Å². The Hall–Kier alpha value is -0.890. The van der Waals surface area contributed by atoms with Crippen molar-refractivity contribution in [3.05, 3.63) is 34.5 Å². The summed E-state index contributed by atoms with van der Waals surface area (Å²) in [5.74, 6) is -0.0269. The molecule has 0 nitrogen and oxygen atoms in total. The highest BCUT2D eigenvalue weighted by molar-refractivity contribution is 7.19. The molecule has 14 heavy (non-hydrogen) atoms. The second-order valence-electron chi connectivity index (χ2n) is 3.37. The van der Waals surface area contributed by atoms with Crippen LogP contribution in [0.15, 0.2) is 18.2 Å². The molecule has 2 aromatic rings. The molecule has 0 atom stereocenters. The molecule has 0 bridgehead atoms. The summed E-state index contributed by atoms with van der Waals surface area (Å²) >= 11 is 1.69. The van der Waals surface area contributed by atoms with Crippen LogP contribution in [0, 0.1) is 5.82 Å². The number of fused-ring (bicyclic) bond motifs is 1. The Balaban J connectivity index is 2.68. The van der Waals surface area contributed by atoms with Gasteiger partial charge in [-0.25, -0.2) is 4.39 Å². The Kier molecular flexibility index (Phi) is 2.55. The number of halogens is 1. The highest BCUT2D eigenvalue weighted by atomic mass is 32.1. The molecule has 1 heterocycles. The Labute approximate surface area is 87.4 Å². The molecule has 0 amide bonds. The van der Waals surface area contributed by atoms with E-state index >= 15 is 0 Å². The minimum absolute atomic E-state index is 0.0269. The van der Waals surface area contributed by atoms with Crippen molar-refractivity contribution in [3.63, 3.8) is 0 Å². The summed E-state index contributed by atoms with van der Waals surface area (Å²) in [5.41, 5.74) is 0.818. The van der Waals surface area contributed by atoms with Gasteiger partial charge in [-0.15, -0.1) is 11.3 Å². The van der Waals surface area contributed by atoms with E-state index < -0.39 is 0 Å². The predicted octanol–water partition coefficient (Wildman–Crippen LogP) is 4.17. The molecule has 2 rings (SSSR count). The third kappa shape index (κ3) is 1.44. The first-order chi connectivity index (χ1) is 6.76. The second kappa shape index (κ2) is 3.70. The number of hydrogen-bond acceptors (Lipinski definition) is 1. The van der Waals surface area contributed by atoms with Crippen molar-refractivity contribution in [1.82, 2.24) is 0 Å². The van der Waals surface area contributed by atoms with Crippen LogP contribution < -0.4 is 0 Å². The van der Waals surface area contributed by atoms with Crippen LogP contribution in [-0.2, 0) is 12.8 Å². The maximum Gasteiger partial charge on any atom is 0.135 e. The van der Waals surface area contributed by atoms with Crippen LogP contribution in [0.3, 0.4) is 0 Å². The number of benzene rings is 1. The van der Waals surface area contributed by atoms with Crippen LogP contribution in [0.4, 0.5) is 4.39 Å². The molecule has 0 saturated heterocycles. The lowest BCUT2D eigenvalue weighted by molar-refractivity contribution is 0.624. The predicted molar refractivity (Wildman–Crippen MR) is 60.5 cm³/mol. The van der Waals surface area contributed by atoms with Gasteiger partial charge in [0.05, 0.1) is 0 Å². The number of thiophene rings is 1. The van der Waals surface area contributed by atoms with Gasteiger partial charge in [0.15, 0.2) is 0 Å². The van der Waals surface area contributed by atoms with E-state index in [-0.39, 0.29) is 5.82 Å². The van der Waals surface area contributed by atoms with Gasteiger partial charge in [-0.3, -0.25) is 0 Å². The highest BCUT2D eigenvalue weighted by Gasteiger charge is 2.08. The SMILES string of the molecule is CCc1cc2c(F)c(CC)ccc2s1. The van der Waals surface area contributed by atoms with Gasteiger partial charge in [0, 0.05) is 15.0 Å². The Bertz CT molecular complexity index is 457. The lowest BCUT2D eigenvalue weighted by Gasteiger charge is -1.99. The van der Waals surface area contributed by atoms with Crippen LogP contribution >= 0.6 is 11.3 Å². The van der Waals surface area contributed by atoms with Gasteiger partial charge in [0.2, 0.25) is 0 Å². The summed E-state index contributed by atoms with van der Waals surface area (Å²) in [7, 11) is 0. The van der Waals surface area contributed by atoms with Gasteiger partial charge in [0.25, 0.3) is 0 Å². The third-order valence-electron chi connectivity index (χ3n) is 2.50. The number of hydrogen-bond donors (Lipinski definition) is 0. The minimum Gasteiger partial charge on any atom is -0.206 e. The van der Waals surface area contributed by atoms with Crippen LogP contribution in [0.5, 0.6) is 0 Å². The molecule has 0 aliphatic carbocycles. The highest BCUT2D eigenvalue weighted by Crippen LogP contribution is 2.29. The molecule has 0 N–H and O–H groups in total. The van der Waals surface area contributed by atoms with Gasteiger partial charge in [-0.2, -0.15) is 0 Å². The fourth-order valence-corrected chi connectivity index (χ4v) is 2.62. The van der Waals surface area contributed by atoms with Crippen LogP contribution in [0.2, 0.25) is 0 Å². The normalized spacial score (nSPS) is 11.1. The standard InChI is InChI=1S/C12H13FS/c1-3-8-5-6-11-10(12(8)13)7-9(4-2)14-11/h5-7H,3-4H2,1-2H3. The monoisotopic (exact) mass is 208 g/mol. The van der Waals surface area contributed by atoms with Gasteiger partial charge >= 0.3 is 0 Å². The van der Waals surface area contributed by atoms with Crippen LogP contribution in [0.25, 0.3) is 10.1 Å². The first-order valence-corrected chi connectivity index (χ1v) is 5.77. The van der Waals surface area contributed by atoms with E-state index in [0.29, 0.717) is 0 Å². The van der Waals surface area contributed by atoms with Crippen LogP contribution in [0.1, 0.15) is 24.3 Å². The average Bonchev–Trinajstić information content (AvgIpc) is 2.62. The van der Waals surface area contributed by atoms with E-state index in [2.05, 4.69) is 6.92 Å². The molecule has 1 aromatic heterocycles.